The van der Waals surface area contributed by atoms with Gasteiger partial charge < -0.3 is 10.2 Å². The first-order chi connectivity index (χ1) is 16.7. The molecule has 2 heterocycles. The highest BCUT2D eigenvalue weighted by atomic mass is 16.2. The number of rotatable bonds is 7. The number of benzene rings is 3. The molecule has 0 bridgehead atoms. The second kappa shape index (κ2) is 10.4. The van der Waals surface area contributed by atoms with E-state index in [-0.39, 0.29) is 17.9 Å². The molecule has 176 valence electrons. The summed E-state index contributed by atoms with van der Waals surface area (Å²) in [4.78, 5) is 30.4. The fraction of sp³-hybridized carbons (Fsp3) is 0.379. The summed E-state index contributed by atoms with van der Waals surface area (Å²) in [6.45, 7) is 3.25. The van der Waals surface area contributed by atoms with E-state index in [2.05, 4.69) is 45.4 Å². The van der Waals surface area contributed by atoms with Crippen molar-refractivity contribution in [3.8, 4) is 0 Å². The van der Waals surface area contributed by atoms with Crippen LogP contribution in [0, 0.1) is 0 Å². The maximum atomic E-state index is 13.1. The zero-order valence-electron chi connectivity index (χ0n) is 19.7. The molecule has 5 heteroatoms. The van der Waals surface area contributed by atoms with Crippen molar-refractivity contribution in [2.24, 2.45) is 0 Å². The van der Waals surface area contributed by atoms with Gasteiger partial charge in [-0.3, -0.25) is 14.5 Å². The normalized spacial score (nSPS) is 20.6. The van der Waals surface area contributed by atoms with Gasteiger partial charge in [0.2, 0.25) is 5.91 Å². The van der Waals surface area contributed by atoms with Crippen molar-refractivity contribution in [1.29, 1.82) is 0 Å². The molecular weight excluding hydrogens is 422 g/mol. The average molecular weight is 456 g/mol. The van der Waals surface area contributed by atoms with Gasteiger partial charge in [0.1, 0.15) is 0 Å². The van der Waals surface area contributed by atoms with Crippen LogP contribution in [0.2, 0.25) is 0 Å². The molecule has 2 saturated heterocycles. The Hall–Kier alpha value is -3.18. The van der Waals surface area contributed by atoms with Gasteiger partial charge in [-0.2, -0.15) is 0 Å². The molecular formula is C29H33N3O2. The minimum atomic E-state index is -0.124. The molecule has 5 rings (SSSR count). The van der Waals surface area contributed by atoms with Crippen LogP contribution in [0.3, 0.4) is 0 Å². The van der Waals surface area contributed by atoms with Crippen LogP contribution in [0.1, 0.15) is 48.0 Å². The van der Waals surface area contributed by atoms with Crippen molar-refractivity contribution in [2.75, 3.05) is 19.6 Å². The van der Waals surface area contributed by atoms with Crippen molar-refractivity contribution >= 4 is 22.6 Å². The highest BCUT2D eigenvalue weighted by Crippen LogP contribution is 2.31. The van der Waals surface area contributed by atoms with E-state index in [1.807, 2.05) is 42.5 Å². The number of nitrogens with one attached hydrogen (secondary N) is 1. The lowest BCUT2D eigenvalue weighted by Crippen LogP contribution is -2.48. The summed E-state index contributed by atoms with van der Waals surface area (Å²) >= 11 is 0. The number of carbonyl (C=O) groups excluding carboxylic acids is 2. The van der Waals surface area contributed by atoms with E-state index >= 15 is 0 Å². The van der Waals surface area contributed by atoms with Crippen molar-refractivity contribution in [2.45, 2.75) is 50.7 Å². The third-order valence-corrected chi connectivity index (χ3v) is 7.34. The van der Waals surface area contributed by atoms with E-state index in [4.69, 9.17) is 0 Å². The Morgan fingerprint density at radius 2 is 1.56 bits per heavy atom. The lowest BCUT2D eigenvalue weighted by molar-refractivity contribution is -0.132. The first-order valence-corrected chi connectivity index (χ1v) is 12.5. The smallest absolute Gasteiger partial charge is 0.251 e. The van der Waals surface area contributed by atoms with Gasteiger partial charge in [-0.15, -0.1) is 0 Å². The minimum absolute atomic E-state index is 0.124. The molecule has 0 aliphatic carbocycles. The van der Waals surface area contributed by atoms with Gasteiger partial charge in [0.25, 0.3) is 5.91 Å². The monoisotopic (exact) mass is 455 g/mol. The van der Waals surface area contributed by atoms with Crippen LogP contribution in [-0.4, -0.2) is 53.3 Å². The molecule has 0 saturated carbocycles. The van der Waals surface area contributed by atoms with Crippen LogP contribution < -0.4 is 5.32 Å². The Kier molecular flexibility index (Phi) is 6.91. The number of amides is 2. The van der Waals surface area contributed by atoms with E-state index in [9.17, 15) is 9.59 Å². The van der Waals surface area contributed by atoms with Crippen molar-refractivity contribution in [3.05, 3.63) is 83.9 Å². The van der Waals surface area contributed by atoms with Gasteiger partial charge in [-0.05, 0) is 60.7 Å². The van der Waals surface area contributed by atoms with E-state index in [0.717, 1.165) is 49.7 Å². The summed E-state index contributed by atoms with van der Waals surface area (Å²) in [5.41, 5.74) is 1.97. The van der Waals surface area contributed by atoms with Crippen LogP contribution in [0.15, 0.2) is 72.8 Å². The molecule has 1 N–H and O–H groups in total. The van der Waals surface area contributed by atoms with E-state index in [0.29, 0.717) is 24.6 Å². The first-order valence-electron chi connectivity index (χ1n) is 12.5. The van der Waals surface area contributed by atoms with Crippen molar-refractivity contribution in [1.82, 2.24) is 15.1 Å². The molecule has 34 heavy (non-hydrogen) atoms. The number of fused-ring (bicyclic) bond motifs is 1. The third kappa shape index (κ3) is 5.00. The molecule has 2 amide bonds. The summed E-state index contributed by atoms with van der Waals surface area (Å²) < 4.78 is 0. The van der Waals surface area contributed by atoms with Crippen LogP contribution in [0.5, 0.6) is 0 Å². The van der Waals surface area contributed by atoms with E-state index in [1.165, 1.54) is 12.0 Å². The lowest BCUT2D eigenvalue weighted by Gasteiger charge is -2.35. The molecule has 2 aliphatic heterocycles. The van der Waals surface area contributed by atoms with Gasteiger partial charge in [0, 0.05) is 43.7 Å². The predicted molar refractivity (Wildman–Crippen MR) is 136 cm³/mol. The molecule has 3 aromatic rings. The topological polar surface area (TPSA) is 52.7 Å². The number of likely N-dealkylation sites (tertiary alicyclic amines) is 2. The standard InChI is InChI=1S/C29H33N3O2/c33-28(16-17-30-29(34)25-15-14-23-10-4-5-11-24(23)20-25)32-19-7-13-27(32)26-12-6-18-31(26)21-22-8-2-1-3-9-22/h1-5,8-11,14-15,20,26-27H,6-7,12-13,16-19,21H2,(H,30,34). The summed E-state index contributed by atoms with van der Waals surface area (Å²) in [5.74, 6) is 0.0363. The van der Waals surface area contributed by atoms with Gasteiger partial charge in [-0.25, -0.2) is 0 Å². The number of nitrogens with zero attached hydrogens (tertiary/aromatic N) is 2. The molecule has 0 spiro atoms. The second-order valence-electron chi connectivity index (χ2n) is 9.53. The Balaban J connectivity index is 1.16. The maximum absolute atomic E-state index is 13.1. The molecule has 5 nitrogen and oxygen atoms in total. The molecule has 0 aromatic heterocycles. The Morgan fingerprint density at radius 3 is 2.41 bits per heavy atom. The summed E-state index contributed by atoms with van der Waals surface area (Å²) in [6.07, 6.45) is 4.83. The largest absolute Gasteiger partial charge is 0.352 e. The zero-order chi connectivity index (χ0) is 23.3. The summed E-state index contributed by atoms with van der Waals surface area (Å²) in [7, 11) is 0. The highest BCUT2D eigenvalue weighted by Gasteiger charge is 2.39. The molecule has 2 unspecified atom stereocenters. The highest BCUT2D eigenvalue weighted by molar-refractivity contribution is 5.98. The molecule has 3 aromatic carbocycles. The van der Waals surface area contributed by atoms with Gasteiger partial charge in [-0.1, -0.05) is 60.7 Å². The van der Waals surface area contributed by atoms with Gasteiger partial charge >= 0.3 is 0 Å². The maximum Gasteiger partial charge on any atom is 0.251 e. The Labute approximate surface area is 201 Å². The van der Waals surface area contributed by atoms with Crippen molar-refractivity contribution in [3.63, 3.8) is 0 Å². The quantitative estimate of drug-likeness (QED) is 0.566. The number of hydrogen-bond acceptors (Lipinski definition) is 3. The minimum Gasteiger partial charge on any atom is -0.352 e. The molecule has 2 fully saturated rings. The van der Waals surface area contributed by atoms with Crippen LogP contribution in [0.4, 0.5) is 0 Å². The fourth-order valence-electron chi connectivity index (χ4n) is 5.66. The molecule has 2 aliphatic rings. The predicted octanol–water partition coefficient (Wildman–Crippen LogP) is 4.62. The van der Waals surface area contributed by atoms with Crippen LogP contribution in [0.25, 0.3) is 10.8 Å². The van der Waals surface area contributed by atoms with Gasteiger partial charge in [0.15, 0.2) is 0 Å². The molecule has 2 atom stereocenters. The zero-order valence-corrected chi connectivity index (χ0v) is 19.7. The summed E-state index contributed by atoms with van der Waals surface area (Å²) in [5, 5.41) is 5.10. The first kappa shape index (κ1) is 22.6. The number of carbonyl (C=O) groups is 2. The average Bonchev–Trinajstić information content (AvgIpc) is 3.53. The van der Waals surface area contributed by atoms with Crippen LogP contribution >= 0.6 is 0 Å². The second-order valence-corrected chi connectivity index (χ2v) is 9.53. The third-order valence-electron chi connectivity index (χ3n) is 7.34. The van der Waals surface area contributed by atoms with E-state index in [1.54, 1.807) is 0 Å². The fourth-order valence-corrected chi connectivity index (χ4v) is 5.66. The van der Waals surface area contributed by atoms with Crippen LogP contribution in [-0.2, 0) is 11.3 Å². The van der Waals surface area contributed by atoms with Crippen molar-refractivity contribution < 1.29 is 9.59 Å². The lowest BCUT2D eigenvalue weighted by atomic mass is 10.0. The summed E-state index contributed by atoms with van der Waals surface area (Å²) in [6, 6.07) is 25.1. The Bertz CT molecular complexity index is 1150. The van der Waals surface area contributed by atoms with E-state index < -0.39 is 0 Å². The number of hydrogen-bond donors (Lipinski definition) is 1. The van der Waals surface area contributed by atoms with Gasteiger partial charge in [0.05, 0.1) is 0 Å². The molecule has 0 radical (unpaired) electrons. The Morgan fingerprint density at radius 1 is 0.824 bits per heavy atom. The SMILES string of the molecule is O=C(NCCC(=O)N1CCCC1C1CCCN1Cc1ccccc1)c1ccc2ccccc2c1.